The maximum Gasteiger partial charge on any atom is 0.159 e. The standard InChI is InChI=1S/C57H43N5/c1-3-16-36(17-4-1)55-58-56(37-18-5-2-6-19-37)60-57(59-55)45-27-14-26-42-41(45)25-15-31-51(42)61-50-29-12-10-24-44(50)48-35-46-40(34-54(48)61)22-13-30-52(46)62-49-28-11-9-23-43(49)47-32-38-20-7-8-21-39(38)33-53(47)62/h1-11,13-28,30-35,43,46,49,52,55H,12,29H2,(H,58,59,60). The van der Waals surface area contributed by atoms with Gasteiger partial charge in [-0.25, -0.2) is 9.98 Å². The first-order valence-corrected chi connectivity index (χ1v) is 22.0. The Bertz CT molecular complexity index is 3360. The average molecular weight is 798 g/mol. The van der Waals surface area contributed by atoms with E-state index in [0.717, 1.165) is 46.6 Å². The molecule has 0 amide bonds. The highest BCUT2D eigenvalue weighted by Gasteiger charge is 2.43. The molecule has 0 saturated carbocycles. The Morgan fingerprint density at radius 2 is 1.42 bits per heavy atom. The van der Waals surface area contributed by atoms with Crippen molar-refractivity contribution >= 4 is 57.1 Å². The third-order valence-electron chi connectivity index (χ3n) is 13.8. The number of rotatable bonds is 5. The summed E-state index contributed by atoms with van der Waals surface area (Å²) in [5.41, 5.74) is 11.2. The molecule has 3 heterocycles. The summed E-state index contributed by atoms with van der Waals surface area (Å²) in [6.45, 7) is 0. The number of anilines is 1. The Kier molecular flexibility index (Phi) is 7.99. The molecule has 0 radical (unpaired) electrons. The lowest BCUT2D eigenvalue weighted by Gasteiger charge is -2.40. The third kappa shape index (κ3) is 5.47. The van der Waals surface area contributed by atoms with E-state index in [0.29, 0.717) is 5.92 Å². The molecule has 1 aromatic heterocycles. The summed E-state index contributed by atoms with van der Waals surface area (Å²) in [5, 5.41) is 11.3. The zero-order chi connectivity index (χ0) is 40.7. The topological polar surface area (TPSA) is 44.9 Å². The van der Waals surface area contributed by atoms with E-state index in [4.69, 9.17) is 9.98 Å². The predicted molar refractivity (Wildman–Crippen MR) is 256 cm³/mol. The second-order valence-electron chi connectivity index (χ2n) is 17.2. The summed E-state index contributed by atoms with van der Waals surface area (Å²) in [7, 11) is 0. The summed E-state index contributed by atoms with van der Waals surface area (Å²) in [6, 6.07) is 48.3. The van der Waals surface area contributed by atoms with Crippen LogP contribution < -0.4 is 20.8 Å². The Labute approximate surface area is 360 Å². The second kappa shape index (κ2) is 14.0. The Balaban J connectivity index is 0.950. The van der Waals surface area contributed by atoms with Crippen LogP contribution in [-0.2, 0) is 6.42 Å². The third-order valence-corrected chi connectivity index (χ3v) is 13.8. The number of fused-ring (bicyclic) bond motifs is 9. The molecule has 5 atom stereocenters. The molecule has 7 aromatic rings. The molecule has 62 heavy (non-hydrogen) atoms. The average Bonchev–Trinajstić information content (AvgIpc) is 3.83. The summed E-state index contributed by atoms with van der Waals surface area (Å²) >= 11 is 0. The highest BCUT2D eigenvalue weighted by Crippen LogP contribution is 2.49. The Morgan fingerprint density at radius 1 is 0.661 bits per heavy atom. The first kappa shape index (κ1) is 35.3. The van der Waals surface area contributed by atoms with Crippen molar-refractivity contribution in [2.24, 2.45) is 15.9 Å². The molecule has 4 aliphatic carbocycles. The normalized spacial score (nSPS) is 22.6. The van der Waals surface area contributed by atoms with Crippen LogP contribution in [0.15, 0.2) is 198 Å². The molecule has 1 N–H and O–H groups in total. The molecule has 2 aliphatic heterocycles. The highest BCUT2D eigenvalue weighted by molar-refractivity contribution is 6.18. The fourth-order valence-electron chi connectivity index (χ4n) is 11.0. The van der Waals surface area contributed by atoms with Gasteiger partial charge in [-0.3, -0.25) is 0 Å². The van der Waals surface area contributed by atoms with E-state index < -0.39 is 0 Å². The Morgan fingerprint density at radius 3 is 2.31 bits per heavy atom. The molecular formula is C57H43N5. The molecule has 5 unspecified atom stereocenters. The van der Waals surface area contributed by atoms with E-state index in [9.17, 15) is 0 Å². The minimum Gasteiger partial charge on any atom is -0.356 e. The van der Waals surface area contributed by atoms with Crippen LogP contribution in [0.5, 0.6) is 0 Å². The van der Waals surface area contributed by atoms with E-state index in [2.05, 4.69) is 203 Å². The summed E-state index contributed by atoms with van der Waals surface area (Å²) < 4.78 is 2.57. The molecule has 0 fully saturated rings. The van der Waals surface area contributed by atoms with Gasteiger partial charge in [0.05, 0.1) is 23.1 Å². The van der Waals surface area contributed by atoms with Gasteiger partial charge in [0, 0.05) is 50.5 Å². The molecule has 0 bridgehead atoms. The summed E-state index contributed by atoms with van der Waals surface area (Å²) in [6.07, 6.45) is 28.0. The van der Waals surface area contributed by atoms with Gasteiger partial charge in [-0.1, -0.05) is 176 Å². The second-order valence-corrected chi connectivity index (χ2v) is 17.2. The first-order chi connectivity index (χ1) is 30.7. The maximum absolute atomic E-state index is 5.22. The van der Waals surface area contributed by atoms with Crippen LogP contribution in [0.1, 0.15) is 52.0 Å². The van der Waals surface area contributed by atoms with Gasteiger partial charge in [0.1, 0.15) is 12.0 Å². The van der Waals surface area contributed by atoms with Crippen LogP contribution in [0.25, 0.3) is 45.5 Å². The van der Waals surface area contributed by atoms with Crippen molar-refractivity contribution in [3.05, 3.63) is 232 Å². The van der Waals surface area contributed by atoms with Crippen LogP contribution in [0.3, 0.4) is 0 Å². The molecule has 0 spiro atoms. The lowest BCUT2D eigenvalue weighted by Crippen LogP contribution is -2.47. The van der Waals surface area contributed by atoms with Crippen LogP contribution in [0.4, 0.5) is 5.69 Å². The number of amidine groups is 2. The van der Waals surface area contributed by atoms with Crippen molar-refractivity contribution < 1.29 is 0 Å². The fourth-order valence-corrected chi connectivity index (χ4v) is 11.0. The SMILES string of the molecule is C1=CC2c3cc4ccccc4cc3N(C3C=CC=C4C=c5c(c6c(n5-c5cccc7c(C8=NC(c9ccccc9)=NC(c9ccccc9)N8)cccc57)CCC=C6)=CC43)C2C=C1. The van der Waals surface area contributed by atoms with Gasteiger partial charge in [0.2, 0.25) is 0 Å². The van der Waals surface area contributed by atoms with Gasteiger partial charge in [-0.2, -0.15) is 0 Å². The number of hydrogen-bond donors (Lipinski definition) is 1. The highest BCUT2D eigenvalue weighted by atomic mass is 15.2. The molecule has 13 rings (SSSR count). The number of nitrogens with one attached hydrogen (secondary N) is 1. The maximum atomic E-state index is 5.22. The smallest absolute Gasteiger partial charge is 0.159 e. The van der Waals surface area contributed by atoms with E-state index in [-0.39, 0.29) is 24.2 Å². The number of allylic oxidation sites excluding steroid dienone is 5. The van der Waals surface area contributed by atoms with E-state index >= 15 is 0 Å². The van der Waals surface area contributed by atoms with Crippen LogP contribution in [0.2, 0.25) is 0 Å². The van der Waals surface area contributed by atoms with Gasteiger partial charge in [-0.05, 0) is 70.0 Å². The van der Waals surface area contributed by atoms with Crippen LogP contribution in [0, 0.1) is 5.92 Å². The van der Waals surface area contributed by atoms with Gasteiger partial charge in [-0.15, -0.1) is 0 Å². The fraction of sp³-hybridized carbons (Fsp3) is 0.123. The van der Waals surface area contributed by atoms with E-state index in [1.54, 1.807) is 0 Å². The van der Waals surface area contributed by atoms with Crippen molar-refractivity contribution in [2.75, 3.05) is 4.90 Å². The molecule has 0 saturated heterocycles. The number of hydrogen-bond acceptors (Lipinski definition) is 4. The van der Waals surface area contributed by atoms with Crippen LogP contribution in [-0.4, -0.2) is 28.3 Å². The molecular weight excluding hydrogens is 755 g/mol. The minimum atomic E-state index is -0.266. The van der Waals surface area contributed by atoms with E-state index in [1.807, 2.05) is 12.1 Å². The van der Waals surface area contributed by atoms with Gasteiger partial charge in [0.15, 0.2) is 5.84 Å². The number of aliphatic imine (C=N–C) groups is 2. The molecule has 296 valence electrons. The van der Waals surface area contributed by atoms with Crippen LogP contribution >= 0.6 is 0 Å². The number of aromatic nitrogens is 1. The van der Waals surface area contributed by atoms with Crippen molar-refractivity contribution in [3.8, 4) is 5.69 Å². The van der Waals surface area contributed by atoms with Crippen molar-refractivity contribution in [1.29, 1.82) is 0 Å². The molecule has 5 nitrogen and oxygen atoms in total. The van der Waals surface area contributed by atoms with E-state index in [1.165, 1.54) is 60.5 Å². The largest absolute Gasteiger partial charge is 0.356 e. The van der Waals surface area contributed by atoms with Gasteiger partial charge < -0.3 is 14.8 Å². The number of nitrogens with zero attached hydrogens (tertiary/aromatic N) is 4. The lowest BCUT2D eigenvalue weighted by atomic mass is 9.81. The van der Waals surface area contributed by atoms with Gasteiger partial charge in [0.25, 0.3) is 0 Å². The zero-order valence-electron chi connectivity index (χ0n) is 34.1. The van der Waals surface area contributed by atoms with Crippen molar-refractivity contribution in [1.82, 2.24) is 9.88 Å². The lowest BCUT2D eigenvalue weighted by molar-refractivity contribution is 0.564. The first-order valence-electron chi connectivity index (χ1n) is 22.0. The monoisotopic (exact) mass is 797 g/mol. The van der Waals surface area contributed by atoms with Crippen molar-refractivity contribution in [3.63, 3.8) is 0 Å². The molecule has 6 aliphatic rings. The number of benzene rings is 6. The minimum absolute atomic E-state index is 0.171. The summed E-state index contributed by atoms with van der Waals surface area (Å²) in [4.78, 5) is 13.1. The predicted octanol–water partition coefficient (Wildman–Crippen LogP) is 10.4. The Hall–Kier alpha value is -7.50. The molecule has 6 aromatic carbocycles. The summed E-state index contributed by atoms with van der Waals surface area (Å²) in [5.74, 6) is 2.08. The quantitative estimate of drug-likeness (QED) is 0.189. The van der Waals surface area contributed by atoms with Gasteiger partial charge >= 0.3 is 0 Å². The molecule has 5 heteroatoms. The zero-order valence-corrected chi connectivity index (χ0v) is 34.1. The van der Waals surface area contributed by atoms with Crippen molar-refractivity contribution in [2.45, 2.75) is 37.0 Å².